The Hall–Kier alpha value is -1.73. The predicted octanol–water partition coefficient (Wildman–Crippen LogP) is 2.30. The summed E-state index contributed by atoms with van der Waals surface area (Å²) in [5.41, 5.74) is 3.09. The van der Waals surface area contributed by atoms with Crippen LogP contribution in [0.25, 0.3) is 0 Å². The van der Waals surface area contributed by atoms with E-state index >= 15 is 0 Å². The van der Waals surface area contributed by atoms with E-state index in [0.717, 1.165) is 16.7 Å². The molecule has 2 aromatic rings. The number of benzene rings is 2. The molecule has 24 heavy (non-hydrogen) atoms. The fraction of sp³-hybridized carbons (Fsp3) is 0.333. The van der Waals surface area contributed by atoms with Gasteiger partial charge in [0.15, 0.2) is 0 Å². The maximum absolute atomic E-state index is 12.6. The van der Waals surface area contributed by atoms with Gasteiger partial charge in [0.2, 0.25) is 10.0 Å². The number of rotatable bonds is 6. The van der Waals surface area contributed by atoms with Gasteiger partial charge in [0, 0.05) is 12.6 Å². The van der Waals surface area contributed by atoms with E-state index < -0.39 is 10.0 Å². The Labute approximate surface area is 143 Å². The molecule has 5 nitrogen and oxygen atoms in total. The molecule has 2 aromatic carbocycles. The summed E-state index contributed by atoms with van der Waals surface area (Å²) in [5, 5.41) is 0. The third-order valence-corrected chi connectivity index (χ3v) is 5.70. The molecule has 1 heterocycles. The Bertz CT molecular complexity index is 804. The molecule has 0 saturated heterocycles. The molecule has 0 bridgehead atoms. The second-order valence-electron chi connectivity index (χ2n) is 6.17. The molecule has 0 fully saturated rings. The summed E-state index contributed by atoms with van der Waals surface area (Å²) >= 11 is 0. The average molecular weight is 346 g/mol. The van der Waals surface area contributed by atoms with Gasteiger partial charge in [0.05, 0.1) is 18.1 Å². The van der Waals surface area contributed by atoms with E-state index in [-0.39, 0.29) is 10.9 Å². The summed E-state index contributed by atoms with van der Waals surface area (Å²) in [5.74, 6) is 0. The minimum atomic E-state index is -3.55. The molecule has 1 N–H and O–H groups in total. The van der Waals surface area contributed by atoms with Gasteiger partial charge in [-0.25, -0.2) is 13.1 Å². The first-order chi connectivity index (χ1) is 11.5. The summed E-state index contributed by atoms with van der Waals surface area (Å²) in [6.45, 7) is 1.34. The van der Waals surface area contributed by atoms with Crippen molar-refractivity contribution in [2.45, 2.75) is 24.2 Å². The van der Waals surface area contributed by atoms with Crippen molar-refractivity contribution >= 4 is 10.0 Å². The van der Waals surface area contributed by atoms with E-state index in [0.29, 0.717) is 19.8 Å². The van der Waals surface area contributed by atoms with Crippen molar-refractivity contribution in [1.29, 1.82) is 0 Å². The summed E-state index contributed by atoms with van der Waals surface area (Å²) in [6, 6.07) is 15.0. The summed E-state index contributed by atoms with van der Waals surface area (Å²) in [4.78, 5) is 2.30. The Morgan fingerprint density at radius 1 is 1.08 bits per heavy atom. The van der Waals surface area contributed by atoms with Crippen LogP contribution in [0.1, 0.15) is 22.7 Å². The minimum Gasteiger partial charge on any atom is -0.372 e. The molecule has 0 aliphatic carbocycles. The van der Waals surface area contributed by atoms with Crippen molar-refractivity contribution in [1.82, 2.24) is 9.62 Å². The highest BCUT2D eigenvalue weighted by Gasteiger charge is 2.21. The molecule has 0 amide bonds. The summed E-state index contributed by atoms with van der Waals surface area (Å²) < 4.78 is 33.3. The maximum atomic E-state index is 12.6. The van der Waals surface area contributed by atoms with Gasteiger partial charge in [-0.1, -0.05) is 36.4 Å². The van der Waals surface area contributed by atoms with Crippen LogP contribution in [0.4, 0.5) is 0 Å². The zero-order valence-electron chi connectivity index (χ0n) is 13.9. The highest BCUT2D eigenvalue weighted by atomic mass is 32.2. The van der Waals surface area contributed by atoms with Crippen LogP contribution in [0, 0.1) is 0 Å². The van der Waals surface area contributed by atoms with Gasteiger partial charge >= 0.3 is 0 Å². The number of hydrogen-bond acceptors (Lipinski definition) is 4. The number of sulfonamides is 1. The fourth-order valence-electron chi connectivity index (χ4n) is 2.86. The molecule has 0 aromatic heterocycles. The molecular weight excluding hydrogens is 324 g/mol. The van der Waals surface area contributed by atoms with Gasteiger partial charge in [0.25, 0.3) is 0 Å². The lowest BCUT2D eigenvalue weighted by atomic mass is 10.1. The molecule has 1 aliphatic heterocycles. The largest absolute Gasteiger partial charge is 0.372 e. The zero-order chi connectivity index (χ0) is 17.2. The highest BCUT2D eigenvalue weighted by Crippen LogP contribution is 2.23. The predicted molar refractivity (Wildman–Crippen MR) is 93.0 cm³/mol. The fourth-order valence-corrected chi connectivity index (χ4v) is 3.95. The summed E-state index contributed by atoms with van der Waals surface area (Å²) in [7, 11) is 0.336. The van der Waals surface area contributed by atoms with Crippen molar-refractivity contribution in [3.05, 3.63) is 65.2 Å². The van der Waals surface area contributed by atoms with E-state index in [2.05, 4.69) is 4.72 Å². The monoisotopic (exact) mass is 346 g/mol. The molecular formula is C18H22N2O3S. The van der Waals surface area contributed by atoms with Crippen molar-refractivity contribution in [2.24, 2.45) is 0 Å². The lowest BCUT2D eigenvalue weighted by molar-refractivity contribution is 0.134. The van der Waals surface area contributed by atoms with Crippen LogP contribution in [0.3, 0.4) is 0 Å². The molecule has 0 radical (unpaired) electrons. The van der Waals surface area contributed by atoms with Gasteiger partial charge in [-0.2, -0.15) is 0 Å². The number of fused-ring (bicyclic) bond motifs is 1. The lowest BCUT2D eigenvalue weighted by Gasteiger charge is -2.25. The first-order valence-corrected chi connectivity index (χ1v) is 9.36. The maximum Gasteiger partial charge on any atom is 0.240 e. The van der Waals surface area contributed by atoms with E-state index in [1.165, 1.54) is 0 Å². The van der Waals surface area contributed by atoms with Crippen LogP contribution in [-0.4, -0.2) is 34.0 Å². The standard InChI is InChI=1S/C18H22N2O3S/c1-20(2)18(14-6-4-3-5-7-14)11-19-24(21,22)17-9-8-15-12-23-13-16(15)10-17/h3-10,18-19H,11-13H2,1-2H3/t18-/m0/s1. The third-order valence-electron chi connectivity index (χ3n) is 4.28. The molecule has 128 valence electrons. The first kappa shape index (κ1) is 17.1. The number of ether oxygens (including phenoxy) is 1. The van der Waals surface area contributed by atoms with Gasteiger partial charge in [-0.05, 0) is 42.9 Å². The minimum absolute atomic E-state index is 0.0289. The molecule has 1 aliphatic rings. The average Bonchev–Trinajstić information content (AvgIpc) is 3.03. The second-order valence-corrected chi connectivity index (χ2v) is 7.93. The highest BCUT2D eigenvalue weighted by molar-refractivity contribution is 7.89. The van der Waals surface area contributed by atoms with Crippen LogP contribution in [0.15, 0.2) is 53.4 Å². The number of nitrogens with zero attached hydrogens (tertiary/aromatic N) is 1. The van der Waals surface area contributed by atoms with Crippen LogP contribution in [0.2, 0.25) is 0 Å². The third kappa shape index (κ3) is 3.67. The Morgan fingerprint density at radius 2 is 1.79 bits per heavy atom. The number of hydrogen-bond donors (Lipinski definition) is 1. The Balaban J connectivity index is 1.76. The number of likely N-dealkylation sites (N-methyl/N-ethyl adjacent to an activating group) is 1. The molecule has 0 saturated carbocycles. The van der Waals surface area contributed by atoms with Crippen LogP contribution < -0.4 is 4.72 Å². The molecule has 1 atom stereocenters. The molecule has 0 unspecified atom stereocenters. The first-order valence-electron chi connectivity index (χ1n) is 7.88. The molecule has 6 heteroatoms. The van der Waals surface area contributed by atoms with Crippen molar-refractivity contribution < 1.29 is 13.2 Å². The smallest absolute Gasteiger partial charge is 0.240 e. The quantitative estimate of drug-likeness (QED) is 0.872. The van der Waals surface area contributed by atoms with E-state index in [9.17, 15) is 8.42 Å². The van der Waals surface area contributed by atoms with Crippen LogP contribution in [-0.2, 0) is 28.0 Å². The number of nitrogens with one attached hydrogen (secondary N) is 1. The summed E-state index contributed by atoms with van der Waals surface area (Å²) in [6.07, 6.45) is 0. The van der Waals surface area contributed by atoms with Gasteiger partial charge in [-0.3, -0.25) is 0 Å². The van der Waals surface area contributed by atoms with Crippen molar-refractivity contribution in [3.8, 4) is 0 Å². The van der Waals surface area contributed by atoms with Crippen molar-refractivity contribution in [2.75, 3.05) is 20.6 Å². The van der Waals surface area contributed by atoms with E-state index in [4.69, 9.17) is 4.74 Å². The van der Waals surface area contributed by atoms with E-state index in [1.807, 2.05) is 55.4 Å². The van der Waals surface area contributed by atoms with Gasteiger partial charge in [0.1, 0.15) is 0 Å². The van der Waals surface area contributed by atoms with E-state index in [1.54, 1.807) is 12.1 Å². The Morgan fingerprint density at radius 3 is 2.50 bits per heavy atom. The second kappa shape index (κ2) is 7.03. The topological polar surface area (TPSA) is 58.6 Å². The molecule has 0 spiro atoms. The van der Waals surface area contributed by atoms with Crippen molar-refractivity contribution in [3.63, 3.8) is 0 Å². The Kier molecular flexibility index (Phi) is 5.01. The van der Waals surface area contributed by atoms with Gasteiger partial charge in [-0.15, -0.1) is 0 Å². The van der Waals surface area contributed by atoms with Crippen LogP contribution in [0.5, 0.6) is 0 Å². The SMILES string of the molecule is CN(C)[C@@H](CNS(=O)(=O)c1ccc2c(c1)COC2)c1ccccc1. The van der Waals surface area contributed by atoms with Crippen LogP contribution >= 0.6 is 0 Å². The normalized spacial score (nSPS) is 15.5. The lowest BCUT2D eigenvalue weighted by Crippen LogP contribution is -2.34. The van der Waals surface area contributed by atoms with Gasteiger partial charge < -0.3 is 9.64 Å². The zero-order valence-corrected chi connectivity index (χ0v) is 14.7. The molecule has 3 rings (SSSR count).